The van der Waals surface area contributed by atoms with Gasteiger partial charge in [-0.15, -0.1) is 0 Å². The van der Waals surface area contributed by atoms with E-state index in [1.165, 1.54) is 31.2 Å². The summed E-state index contributed by atoms with van der Waals surface area (Å²) in [5.74, 6) is 0.855. The maximum Gasteiger partial charge on any atom is 0.242 e. The first kappa shape index (κ1) is 19.5. The molecule has 0 saturated heterocycles. The Hall–Kier alpha value is -3.24. The van der Waals surface area contributed by atoms with Crippen molar-refractivity contribution in [2.24, 2.45) is 0 Å². The summed E-state index contributed by atoms with van der Waals surface area (Å²) in [7, 11) is -2.23. The SMILES string of the molecule is COc1cccc(-c2noc(CNS(=O)(=O)c3ccc(NC(C)=O)cc3)n2)c1. The highest BCUT2D eigenvalue weighted by atomic mass is 32.2. The van der Waals surface area contributed by atoms with E-state index in [1.54, 1.807) is 31.4 Å². The molecule has 0 bridgehead atoms. The van der Waals surface area contributed by atoms with E-state index in [2.05, 4.69) is 20.2 Å². The van der Waals surface area contributed by atoms with E-state index in [0.29, 0.717) is 22.8 Å². The smallest absolute Gasteiger partial charge is 0.242 e. The van der Waals surface area contributed by atoms with E-state index < -0.39 is 10.0 Å². The number of carbonyl (C=O) groups excluding carboxylic acids is 1. The molecule has 3 rings (SSSR count). The second kappa shape index (κ2) is 8.19. The van der Waals surface area contributed by atoms with E-state index in [0.717, 1.165) is 0 Å². The number of aromatic nitrogens is 2. The Balaban J connectivity index is 1.68. The molecule has 2 N–H and O–H groups in total. The zero-order chi connectivity index (χ0) is 20.1. The van der Waals surface area contributed by atoms with Gasteiger partial charge in [-0.25, -0.2) is 13.1 Å². The predicted octanol–water partition coefficient (Wildman–Crippen LogP) is 2.18. The Bertz CT molecular complexity index is 1080. The summed E-state index contributed by atoms with van der Waals surface area (Å²) in [5, 5.41) is 6.43. The first-order valence-corrected chi connectivity index (χ1v) is 9.70. The Morgan fingerprint density at radius 1 is 1.18 bits per heavy atom. The zero-order valence-electron chi connectivity index (χ0n) is 15.2. The van der Waals surface area contributed by atoms with Crippen molar-refractivity contribution < 1.29 is 22.5 Å². The molecule has 0 aliphatic rings. The standard InChI is InChI=1S/C18H18N4O5S/c1-12(23)20-14-6-8-16(9-7-14)28(24,25)19-11-17-21-18(22-27-17)13-4-3-5-15(10-13)26-2/h3-10,19H,11H2,1-2H3,(H,20,23). The number of benzene rings is 2. The van der Waals surface area contributed by atoms with E-state index >= 15 is 0 Å². The Labute approximate surface area is 161 Å². The minimum atomic E-state index is -3.78. The monoisotopic (exact) mass is 402 g/mol. The molecule has 0 fully saturated rings. The molecule has 1 heterocycles. The number of nitrogens with one attached hydrogen (secondary N) is 2. The minimum absolute atomic E-state index is 0.0501. The average Bonchev–Trinajstić information content (AvgIpc) is 3.16. The van der Waals surface area contributed by atoms with Crippen molar-refractivity contribution in [2.45, 2.75) is 18.4 Å². The van der Waals surface area contributed by atoms with Gasteiger partial charge in [0.25, 0.3) is 0 Å². The highest BCUT2D eigenvalue weighted by molar-refractivity contribution is 7.89. The lowest BCUT2D eigenvalue weighted by Gasteiger charge is -2.06. The lowest BCUT2D eigenvalue weighted by Crippen LogP contribution is -2.23. The van der Waals surface area contributed by atoms with Crippen LogP contribution in [-0.4, -0.2) is 31.6 Å². The van der Waals surface area contributed by atoms with Crippen molar-refractivity contribution in [3.05, 3.63) is 54.4 Å². The zero-order valence-corrected chi connectivity index (χ0v) is 16.0. The first-order chi connectivity index (χ1) is 13.4. The fourth-order valence-electron chi connectivity index (χ4n) is 2.37. The Morgan fingerprint density at radius 2 is 1.93 bits per heavy atom. The predicted molar refractivity (Wildman–Crippen MR) is 101 cm³/mol. The molecule has 146 valence electrons. The Kier molecular flexibility index (Phi) is 5.71. The molecule has 28 heavy (non-hydrogen) atoms. The van der Waals surface area contributed by atoms with Crippen molar-refractivity contribution in [3.8, 4) is 17.1 Å². The van der Waals surface area contributed by atoms with Crippen molar-refractivity contribution in [2.75, 3.05) is 12.4 Å². The van der Waals surface area contributed by atoms with E-state index in [-0.39, 0.29) is 23.2 Å². The quantitative estimate of drug-likeness (QED) is 0.621. The number of anilines is 1. The summed E-state index contributed by atoms with van der Waals surface area (Å²) in [6.07, 6.45) is 0. The van der Waals surface area contributed by atoms with E-state index in [4.69, 9.17) is 9.26 Å². The van der Waals surface area contributed by atoms with Gasteiger partial charge in [-0.05, 0) is 36.4 Å². The van der Waals surface area contributed by atoms with Gasteiger partial charge in [-0.1, -0.05) is 17.3 Å². The molecule has 10 heteroatoms. The summed E-state index contributed by atoms with van der Waals surface area (Å²) in [6.45, 7) is 1.21. The number of hydrogen-bond donors (Lipinski definition) is 2. The van der Waals surface area contributed by atoms with Crippen LogP contribution in [0.2, 0.25) is 0 Å². The van der Waals surface area contributed by atoms with E-state index in [1.807, 2.05) is 0 Å². The number of rotatable bonds is 7. The van der Waals surface area contributed by atoms with Crippen LogP contribution in [0.3, 0.4) is 0 Å². The third kappa shape index (κ3) is 4.72. The van der Waals surface area contributed by atoms with Gasteiger partial charge in [-0.2, -0.15) is 4.98 Å². The van der Waals surface area contributed by atoms with Gasteiger partial charge < -0.3 is 14.6 Å². The maximum absolute atomic E-state index is 12.4. The molecule has 9 nitrogen and oxygen atoms in total. The van der Waals surface area contributed by atoms with Gasteiger partial charge in [0.05, 0.1) is 18.6 Å². The normalized spacial score (nSPS) is 11.2. The van der Waals surface area contributed by atoms with Crippen molar-refractivity contribution in [3.63, 3.8) is 0 Å². The molecule has 0 spiro atoms. The maximum atomic E-state index is 12.4. The van der Waals surface area contributed by atoms with Gasteiger partial charge in [0.15, 0.2) is 0 Å². The number of ether oxygens (including phenoxy) is 1. The molecular weight excluding hydrogens is 384 g/mol. The molecular formula is C18H18N4O5S. The average molecular weight is 402 g/mol. The Morgan fingerprint density at radius 3 is 2.61 bits per heavy atom. The number of hydrogen-bond acceptors (Lipinski definition) is 7. The fraction of sp³-hybridized carbons (Fsp3) is 0.167. The van der Waals surface area contributed by atoms with Crippen LogP contribution in [0.1, 0.15) is 12.8 Å². The van der Waals surface area contributed by atoms with Crippen LogP contribution >= 0.6 is 0 Å². The van der Waals surface area contributed by atoms with E-state index in [9.17, 15) is 13.2 Å². The van der Waals surface area contributed by atoms with Gasteiger partial charge in [-0.3, -0.25) is 4.79 Å². The van der Waals surface area contributed by atoms with Gasteiger partial charge in [0, 0.05) is 18.2 Å². The highest BCUT2D eigenvalue weighted by Gasteiger charge is 2.16. The van der Waals surface area contributed by atoms with Crippen LogP contribution in [0.5, 0.6) is 5.75 Å². The van der Waals surface area contributed by atoms with Crippen molar-refractivity contribution in [1.29, 1.82) is 0 Å². The molecule has 3 aromatic rings. The van der Waals surface area contributed by atoms with Gasteiger partial charge in [0.2, 0.25) is 27.6 Å². The molecule has 1 aromatic heterocycles. The third-order valence-corrected chi connectivity index (χ3v) is 5.11. The van der Waals surface area contributed by atoms with Crippen LogP contribution < -0.4 is 14.8 Å². The molecule has 1 amide bonds. The molecule has 0 radical (unpaired) electrons. The molecule has 2 aromatic carbocycles. The van der Waals surface area contributed by atoms with Crippen LogP contribution in [-0.2, 0) is 21.4 Å². The highest BCUT2D eigenvalue weighted by Crippen LogP contribution is 2.21. The second-order valence-corrected chi connectivity index (χ2v) is 7.54. The van der Waals surface area contributed by atoms with Crippen LogP contribution in [0.4, 0.5) is 5.69 Å². The topological polar surface area (TPSA) is 123 Å². The van der Waals surface area contributed by atoms with Crippen LogP contribution in [0.15, 0.2) is 57.9 Å². The van der Waals surface area contributed by atoms with Gasteiger partial charge in [0.1, 0.15) is 5.75 Å². The minimum Gasteiger partial charge on any atom is -0.497 e. The number of carbonyl (C=O) groups is 1. The number of sulfonamides is 1. The molecule has 0 unspecified atom stereocenters. The largest absolute Gasteiger partial charge is 0.497 e. The van der Waals surface area contributed by atoms with Crippen molar-refractivity contribution in [1.82, 2.24) is 14.9 Å². The lowest BCUT2D eigenvalue weighted by atomic mass is 10.2. The van der Waals surface area contributed by atoms with Crippen LogP contribution in [0.25, 0.3) is 11.4 Å². The number of amides is 1. The van der Waals surface area contributed by atoms with Gasteiger partial charge >= 0.3 is 0 Å². The lowest BCUT2D eigenvalue weighted by molar-refractivity contribution is -0.114. The molecule has 0 saturated carbocycles. The first-order valence-electron chi connectivity index (χ1n) is 8.22. The summed E-state index contributed by atoms with van der Waals surface area (Å²) in [6, 6.07) is 12.9. The number of nitrogens with zero attached hydrogens (tertiary/aromatic N) is 2. The van der Waals surface area contributed by atoms with Crippen LogP contribution in [0, 0.1) is 0 Å². The summed E-state index contributed by atoms with van der Waals surface area (Å²) in [5.41, 5.74) is 1.19. The summed E-state index contributed by atoms with van der Waals surface area (Å²) >= 11 is 0. The summed E-state index contributed by atoms with van der Waals surface area (Å²) in [4.78, 5) is 15.3. The molecule has 0 aliphatic heterocycles. The number of methoxy groups -OCH3 is 1. The fourth-order valence-corrected chi connectivity index (χ4v) is 3.34. The molecule has 0 atom stereocenters. The van der Waals surface area contributed by atoms with Crippen molar-refractivity contribution >= 4 is 21.6 Å². The molecule has 0 aliphatic carbocycles. The second-order valence-electron chi connectivity index (χ2n) is 5.77. The summed E-state index contributed by atoms with van der Waals surface area (Å²) < 4.78 is 37.5. The third-order valence-electron chi connectivity index (χ3n) is 3.69.